The normalized spacial score (nSPS) is 16.8. The van der Waals surface area contributed by atoms with Gasteiger partial charge in [-0.3, -0.25) is 10.1 Å². The van der Waals surface area contributed by atoms with Crippen molar-refractivity contribution in [2.75, 3.05) is 18.4 Å². The Morgan fingerprint density at radius 3 is 2.39 bits per heavy atom. The number of piperidine rings is 1. The first-order valence-corrected chi connectivity index (χ1v) is 13.8. The molecule has 3 aromatic rings. The van der Waals surface area contributed by atoms with E-state index in [1.54, 1.807) is 12.1 Å². The highest BCUT2D eigenvalue weighted by atomic mass is 32.2. The Balaban J connectivity index is 1.27. The fourth-order valence-electron chi connectivity index (χ4n) is 4.56. The van der Waals surface area contributed by atoms with E-state index in [-0.39, 0.29) is 10.8 Å². The Morgan fingerprint density at radius 2 is 1.64 bits per heavy atom. The van der Waals surface area contributed by atoms with Gasteiger partial charge < -0.3 is 0 Å². The van der Waals surface area contributed by atoms with Crippen molar-refractivity contribution in [3.63, 3.8) is 0 Å². The van der Waals surface area contributed by atoms with Gasteiger partial charge in [-0.2, -0.15) is 4.31 Å². The molecule has 0 bridgehead atoms. The molecule has 1 N–H and O–H groups in total. The number of nitrogens with one attached hydrogen (secondary N) is 1. The fraction of sp³-hybridized carbons (Fsp3) is 0.360. The number of benzene rings is 2. The van der Waals surface area contributed by atoms with Crippen LogP contribution in [0.15, 0.2) is 52.7 Å². The number of nitrogens with zero attached hydrogens (tertiary/aromatic N) is 2. The molecule has 172 valence electrons. The largest absolute Gasteiger partial charge is 0.298 e. The van der Waals surface area contributed by atoms with Crippen LogP contribution in [0.3, 0.4) is 0 Å². The van der Waals surface area contributed by atoms with E-state index >= 15 is 0 Å². The topological polar surface area (TPSA) is 79.4 Å². The van der Waals surface area contributed by atoms with E-state index < -0.39 is 10.0 Å². The number of aryl methyl sites for hydroxylation is 2. The highest BCUT2D eigenvalue weighted by Crippen LogP contribution is 2.30. The number of amides is 1. The smallest absolute Gasteiger partial charge is 0.257 e. The predicted octanol–water partition coefficient (Wildman–Crippen LogP) is 5.12. The summed E-state index contributed by atoms with van der Waals surface area (Å²) in [5, 5.41) is 5.32. The van der Waals surface area contributed by atoms with Gasteiger partial charge in [-0.1, -0.05) is 18.6 Å². The molecule has 6 nitrogen and oxygen atoms in total. The zero-order valence-electron chi connectivity index (χ0n) is 18.4. The average Bonchev–Trinajstić information content (AvgIpc) is 3.33. The van der Waals surface area contributed by atoms with Crippen molar-refractivity contribution < 1.29 is 13.2 Å². The van der Waals surface area contributed by atoms with Crippen molar-refractivity contribution in [1.29, 1.82) is 0 Å². The maximum absolute atomic E-state index is 12.8. The number of thiazole rings is 1. The van der Waals surface area contributed by atoms with Gasteiger partial charge in [-0.25, -0.2) is 13.4 Å². The molecule has 0 spiro atoms. The Hall–Kier alpha value is -2.55. The van der Waals surface area contributed by atoms with Crippen molar-refractivity contribution in [3.8, 4) is 11.3 Å². The molecule has 0 saturated carbocycles. The second kappa shape index (κ2) is 9.37. The number of rotatable bonds is 5. The van der Waals surface area contributed by atoms with Crippen molar-refractivity contribution in [2.45, 2.75) is 49.8 Å². The number of carbonyl (C=O) groups excluding carboxylic acids is 1. The zero-order valence-corrected chi connectivity index (χ0v) is 20.1. The minimum Gasteiger partial charge on any atom is -0.298 e. The summed E-state index contributed by atoms with van der Waals surface area (Å²) in [4.78, 5) is 17.5. The third-order valence-electron chi connectivity index (χ3n) is 6.44. The van der Waals surface area contributed by atoms with E-state index in [2.05, 4.69) is 28.5 Å². The van der Waals surface area contributed by atoms with Crippen LogP contribution in [0.5, 0.6) is 0 Å². The second-order valence-electron chi connectivity index (χ2n) is 8.67. The summed E-state index contributed by atoms with van der Waals surface area (Å²) in [7, 11) is -3.51. The SMILES string of the molecule is O=C(Nc1nc(-c2ccc3c(c2)CCCC3)cs1)c1ccc(S(=O)(=O)N2CCCCC2)cc1. The summed E-state index contributed by atoms with van der Waals surface area (Å²) < 4.78 is 27.1. The first-order valence-electron chi connectivity index (χ1n) is 11.5. The van der Waals surface area contributed by atoms with Crippen molar-refractivity contribution in [1.82, 2.24) is 9.29 Å². The lowest BCUT2D eigenvalue weighted by Crippen LogP contribution is -2.35. The first kappa shape index (κ1) is 22.3. The van der Waals surface area contributed by atoms with Crippen LogP contribution >= 0.6 is 11.3 Å². The molecule has 2 aliphatic rings. The highest BCUT2D eigenvalue weighted by Gasteiger charge is 2.26. The number of aromatic nitrogens is 1. The van der Waals surface area contributed by atoms with Crippen molar-refractivity contribution >= 4 is 32.4 Å². The molecule has 2 heterocycles. The standard InChI is InChI=1S/C25H27N3O3S2/c29-24(19-10-12-22(13-11-19)33(30,31)28-14-4-1-5-15-28)27-25-26-23(17-32-25)21-9-8-18-6-2-3-7-20(18)16-21/h8-13,16-17H,1-7,14-15H2,(H,26,27,29). The van der Waals surface area contributed by atoms with Crippen LogP contribution in [0.25, 0.3) is 11.3 Å². The Labute approximate surface area is 198 Å². The van der Waals surface area contributed by atoms with Gasteiger partial charge in [0.2, 0.25) is 10.0 Å². The lowest BCUT2D eigenvalue weighted by molar-refractivity contribution is 0.102. The lowest BCUT2D eigenvalue weighted by atomic mass is 9.90. The van der Waals surface area contributed by atoms with Gasteiger partial charge in [0.25, 0.3) is 5.91 Å². The molecule has 0 unspecified atom stereocenters. The van der Waals surface area contributed by atoms with E-state index in [0.29, 0.717) is 23.8 Å². The molecule has 1 amide bonds. The Bertz CT molecular complexity index is 1260. The summed E-state index contributed by atoms with van der Waals surface area (Å²) in [5.41, 5.74) is 5.15. The Kier molecular flexibility index (Phi) is 6.32. The summed E-state index contributed by atoms with van der Waals surface area (Å²) in [6.07, 6.45) is 7.59. The fourth-order valence-corrected chi connectivity index (χ4v) is 6.79. The summed E-state index contributed by atoms with van der Waals surface area (Å²) >= 11 is 1.39. The third-order valence-corrected chi connectivity index (χ3v) is 9.11. The quantitative estimate of drug-likeness (QED) is 0.549. The van der Waals surface area contributed by atoms with Crippen LogP contribution in [0.1, 0.15) is 53.6 Å². The van der Waals surface area contributed by atoms with Crippen LogP contribution in [0.2, 0.25) is 0 Å². The molecular formula is C25H27N3O3S2. The van der Waals surface area contributed by atoms with Gasteiger partial charge in [0.1, 0.15) is 0 Å². The van der Waals surface area contributed by atoms with Crippen molar-refractivity contribution in [3.05, 3.63) is 64.5 Å². The summed E-state index contributed by atoms with van der Waals surface area (Å²) in [5.74, 6) is -0.303. The molecule has 1 saturated heterocycles. The van der Waals surface area contributed by atoms with E-state index in [1.165, 1.54) is 51.7 Å². The molecule has 1 aliphatic carbocycles. The zero-order chi connectivity index (χ0) is 22.8. The molecule has 1 fully saturated rings. The van der Waals surface area contributed by atoms with Gasteiger partial charge in [0.05, 0.1) is 10.6 Å². The monoisotopic (exact) mass is 481 g/mol. The lowest BCUT2D eigenvalue weighted by Gasteiger charge is -2.25. The van der Waals surface area contributed by atoms with E-state index in [9.17, 15) is 13.2 Å². The highest BCUT2D eigenvalue weighted by molar-refractivity contribution is 7.89. The number of hydrogen-bond acceptors (Lipinski definition) is 5. The van der Waals surface area contributed by atoms with Gasteiger partial charge >= 0.3 is 0 Å². The van der Waals surface area contributed by atoms with E-state index in [0.717, 1.165) is 43.4 Å². The maximum Gasteiger partial charge on any atom is 0.257 e. The molecule has 2 aromatic carbocycles. The third kappa shape index (κ3) is 4.74. The number of anilines is 1. The molecule has 5 rings (SSSR count). The molecule has 1 aliphatic heterocycles. The predicted molar refractivity (Wildman–Crippen MR) is 131 cm³/mol. The second-order valence-corrected chi connectivity index (χ2v) is 11.5. The maximum atomic E-state index is 12.8. The summed E-state index contributed by atoms with van der Waals surface area (Å²) in [6, 6.07) is 12.7. The molecular weight excluding hydrogens is 454 g/mol. The van der Waals surface area contributed by atoms with Crippen LogP contribution in [-0.4, -0.2) is 36.7 Å². The van der Waals surface area contributed by atoms with Crippen LogP contribution in [0, 0.1) is 0 Å². The number of carbonyl (C=O) groups is 1. The van der Waals surface area contributed by atoms with Crippen molar-refractivity contribution in [2.24, 2.45) is 0 Å². The van der Waals surface area contributed by atoms with Gasteiger partial charge in [0, 0.05) is 29.6 Å². The average molecular weight is 482 g/mol. The number of fused-ring (bicyclic) bond motifs is 1. The first-order chi connectivity index (χ1) is 16.0. The number of hydrogen-bond donors (Lipinski definition) is 1. The molecule has 1 aromatic heterocycles. The van der Waals surface area contributed by atoms with Crippen LogP contribution < -0.4 is 5.32 Å². The van der Waals surface area contributed by atoms with Crippen LogP contribution in [-0.2, 0) is 22.9 Å². The summed E-state index contributed by atoms with van der Waals surface area (Å²) in [6.45, 7) is 1.11. The molecule has 33 heavy (non-hydrogen) atoms. The molecule has 8 heteroatoms. The van der Waals surface area contributed by atoms with E-state index in [4.69, 9.17) is 0 Å². The van der Waals surface area contributed by atoms with Gasteiger partial charge in [-0.15, -0.1) is 11.3 Å². The van der Waals surface area contributed by atoms with Crippen LogP contribution in [0.4, 0.5) is 5.13 Å². The van der Waals surface area contributed by atoms with Gasteiger partial charge in [0.15, 0.2) is 5.13 Å². The molecule has 0 radical (unpaired) electrons. The molecule has 0 atom stereocenters. The minimum absolute atomic E-state index is 0.227. The number of sulfonamides is 1. The Morgan fingerprint density at radius 1 is 0.909 bits per heavy atom. The minimum atomic E-state index is -3.51. The van der Waals surface area contributed by atoms with E-state index in [1.807, 2.05) is 5.38 Å². The van der Waals surface area contributed by atoms with Gasteiger partial charge in [-0.05, 0) is 80.0 Å².